The molecule has 4 heterocycles. The minimum atomic E-state index is 0.343. The maximum atomic E-state index is 4.75. The predicted molar refractivity (Wildman–Crippen MR) is 113 cm³/mol. The number of nitrogens with zero attached hydrogens (tertiary/aromatic N) is 5. The average Bonchev–Trinajstić information content (AvgIpc) is 3.38. The minimum absolute atomic E-state index is 0.343. The highest BCUT2D eigenvalue weighted by Gasteiger charge is 2.28. The molecule has 2 N–H and O–H groups in total. The molecule has 0 spiro atoms. The van der Waals surface area contributed by atoms with E-state index < -0.39 is 0 Å². The van der Waals surface area contributed by atoms with Gasteiger partial charge in [-0.25, -0.2) is 20.4 Å². The fraction of sp³-hybridized carbons (Fsp3) is 0.350. The lowest BCUT2D eigenvalue weighted by atomic mass is 9.99. The molecular formula is C20H25N7S. The summed E-state index contributed by atoms with van der Waals surface area (Å²) < 4.78 is 1.91. The highest BCUT2D eigenvalue weighted by molar-refractivity contribution is 7.14. The second-order valence-corrected chi connectivity index (χ2v) is 8.29. The molecule has 7 nitrogen and oxygen atoms in total. The molecule has 0 aliphatic carbocycles. The number of nitrogens with one attached hydrogen (secondary N) is 2. The summed E-state index contributed by atoms with van der Waals surface area (Å²) in [6, 6.07) is 4.37. The van der Waals surface area contributed by atoms with Gasteiger partial charge in [0.05, 0.1) is 17.4 Å². The van der Waals surface area contributed by atoms with Crippen molar-refractivity contribution in [2.45, 2.75) is 33.7 Å². The standard InChI is InChI=1S/C20H25N7S/c1-12(2)18-14(4)19(26(5)25-18)24-20-23-16(10-28-20)15-6-7-17(21-8-15)27-9-13(3)22-11-27/h6-12,18,25H,1-5H3,(H,23,24). The van der Waals surface area contributed by atoms with Gasteiger partial charge in [-0.1, -0.05) is 13.8 Å². The van der Waals surface area contributed by atoms with Crippen molar-refractivity contribution in [2.75, 3.05) is 12.4 Å². The summed E-state index contributed by atoms with van der Waals surface area (Å²) in [7, 11) is 2.03. The maximum absolute atomic E-state index is 4.75. The third kappa shape index (κ3) is 3.53. The Kier molecular flexibility index (Phi) is 4.91. The SMILES string of the molecule is CC1=C(Nc2nc(-c3ccc(-n4cnc(C)c4)nc3)cs2)N(C)NC1C(C)C. The van der Waals surface area contributed by atoms with Gasteiger partial charge in [-0.05, 0) is 37.5 Å². The molecule has 8 heteroatoms. The van der Waals surface area contributed by atoms with E-state index >= 15 is 0 Å². The summed E-state index contributed by atoms with van der Waals surface area (Å²) >= 11 is 1.60. The van der Waals surface area contributed by atoms with Gasteiger partial charge in [-0.3, -0.25) is 9.58 Å². The van der Waals surface area contributed by atoms with Crippen LogP contribution in [0.5, 0.6) is 0 Å². The number of aromatic nitrogens is 4. The minimum Gasteiger partial charge on any atom is -0.317 e. The van der Waals surface area contributed by atoms with Gasteiger partial charge in [0.2, 0.25) is 0 Å². The van der Waals surface area contributed by atoms with Crippen molar-refractivity contribution in [3.8, 4) is 17.1 Å². The van der Waals surface area contributed by atoms with E-state index in [-0.39, 0.29) is 0 Å². The van der Waals surface area contributed by atoms with Crippen LogP contribution in [0, 0.1) is 12.8 Å². The Bertz CT molecular complexity index is 1000. The van der Waals surface area contributed by atoms with Crippen molar-refractivity contribution < 1.29 is 0 Å². The van der Waals surface area contributed by atoms with Crippen molar-refractivity contribution in [1.29, 1.82) is 0 Å². The first-order valence-corrected chi connectivity index (χ1v) is 10.2. The normalized spacial score (nSPS) is 17.1. The Morgan fingerprint density at radius 3 is 2.64 bits per heavy atom. The fourth-order valence-corrected chi connectivity index (χ4v) is 4.13. The van der Waals surface area contributed by atoms with Gasteiger partial charge in [-0.15, -0.1) is 11.3 Å². The average molecular weight is 396 g/mol. The number of anilines is 1. The van der Waals surface area contributed by atoms with Gasteiger partial charge >= 0.3 is 0 Å². The molecule has 4 rings (SSSR count). The summed E-state index contributed by atoms with van der Waals surface area (Å²) in [5.74, 6) is 2.44. The molecule has 0 aromatic carbocycles. The number of thiazole rings is 1. The van der Waals surface area contributed by atoms with E-state index in [9.17, 15) is 0 Å². The zero-order chi connectivity index (χ0) is 19.8. The van der Waals surface area contributed by atoms with Gasteiger partial charge in [0.25, 0.3) is 0 Å². The van der Waals surface area contributed by atoms with Gasteiger partial charge in [0.1, 0.15) is 18.0 Å². The van der Waals surface area contributed by atoms with Crippen LogP contribution in [0.3, 0.4) is 0 Å². The van der Waals surface area contributed by atoms with Crippen LogP contribution in [0.2, 0.25) is 0 Å². The first-order valence-electron chi connectivity index (χ1n) is 9.33. The van der Waals surface area contributed by atoms with Crippen molar-refractivity contribution >= 4 is 16.5 Å². The smallest absolute Gasteiger partial charge is 0.188 e. The fourth-order valence-electron chi connectivity index (χ4n) is 3.42. The highest BCUT2D eigenvalue weighted by atomic mass is 32.1. The van der Waals surface area contributed by atoms with Crippen LogP contribution in [0.4, 0.5) is 5.13 Å². The third-order valence-electron chi connectivity index (χ3n) is 4.92. The number of hydrogen-bond donors (Lipinski definition) is 2. The van der Waals surface area contributed by atoms with Gasteiger partial charge in [-0.2, -0.15) is 0 Å². The topological polar surface area (TPSA) is 70.9 Å². The summed E-state index contributed by atoms with van der Waals surface area (Å²) in [6.07, 6.45) is 5.58. The van der Waals surface area contributed by atoms with Crippen LogP contribution in [0.15, 0.2) is 47.6 Å². The molecule has 0 fully saturated rings. The van der Waals surface area contributed by atoms with E-state index in [4.69, 9.17) is 4.98 Å². The Balaban J connectivity index is 1.52. The first-order chi connectivity index (χ1) is 13.4. The van der Waals surface area contributed by atoms with Crippen LogP contribution < -0.4 is 10.7 Å². The van der Waals surface area contributed by atoms with Crippen molar-refractivity contribution in [3.05, 3.63) is 53.3 Å². The van der Waals surface area contributed by atoms with Gasteiger partial charge < -0.3 is 5.32 Å². The van der Waals surface area contributed by atoms with Crippen LogP contribution in [0.1, 0.15) is 26.5 Å². The molecule has 0 saturated carbocycles. The number of hydrazine groups is 1. The second-order valence-electron chi connectivity index (χ2n) is 7.43. The van der Waals surface area contributed by atoms with E-state index in [1.165, 1.54) is 5.57 Å². The van der Waals surface area contributed by atoms with Crippen LogP contribution in [-0.2, 0) is 0 Å². The third-order valence-corrected chi connectivity index (χ3v) is 5.68. The summed E-state index contributed by atoms with van der Waals surface area (Å²) in [4.78, 5) is 13.5. The van der Waals surface area contributed by atoms with E-state index in [0.29, 0.717) is 12.0 Å². The number of aryl methyl sites for hydroxylation is 1. The molecule has 0 saturated heterocycles. The zero-order valence-electron chi connectivity index (χ0n) is 16.8. The molecule has 0 bridgehead atoms. The summed E-state index contributed by atoms with van der Waals surface area (Å²) in [6.45, 7) is 8.58. The molecule has 3 aromatic rings. The Hall–Kier alpha value is -2.71. The molecule has 146 valence electrons. The second kappa shape index (κ2) is 7.37. The van der Waals surface area contributed by atoms with Crippen molar-refractivity contribution in [3.63, 3.8) is 0 Å². The lowest BCUT2D eigenvalue weighted by Gasteiger charge is -2.20. The van der Waals surface area contributed by atoms with Gasteiger partial charge in [0.15, 0.2) is 5.13 Å². The number of rotatable bonds is 5. The molecule has 1 aliphatic rings. The molecular weight excluding hydrogens is 370 g/mol. The molecule has 3 aromatic heterocycles. The van der Waals surface area contributed by atoms with Crippen LogP contribution in [0.25, 0.3) is 17.1 Å². The highest BCUT2D eigenvalue weighted by Crippen LogP contribution is 2.29. The van der Waals surface area contributed by atoms with E-state index in [2.05, 4.69) is 46.9 Å². The largest absolute Gasteiger partial charge is 0.317 e. The molecule has 28 heavy (non-hydrogen) atoms. The quantitative estimate of drug-likeness (QED) is 0.684. The number of pyridine rings is 1. The molecule has 1 atom stereocenters. The molecule has 1 aliphatic heterocycles. The van der Waals surface area contributed by atoms with Crippen molar-refractivity contribution in [2.24, 2.45) is 5.92 Å². The van der Waals surface area contributed by atoms with E-state index in [0.717, 1.165) is 33.7 Å². The molecule has 0 amide bonds. The predicted octanol–water partition coefficient (Wildman–Crippen LogP) is 3.82. The van der Waals surface area contributed by atoms with Gasteiger partial charge in [0, 0.05) is 30.4 Å². The lowest BCUT2D eigenvalue weighted by molar-refractivity contribution is 0.279. The Labute approximate surface area is 169 Å². The van der Waals surface area contributed by atoms with E-state index in [1.54, 1.807) is 17.7 Å². The van der Waals surface area contributed by atoms with E-state index in [1.807, 2.05) is 48.1 Å². The first kappa shape index (κ1) is 18.6. The Morgan fingerprint density at radius 1 is 1.21 bits per heavy atom. The van der Waals surface area contributed by atoms with Crippen molar-refractivity contribution in [1.82, 2.24) is 30.0 Å². The molecule has 1 unspecified atom stereocenters. The number of imidazole rings is 1. The number of hydrogen-bond acceptors (Lipinski definition) is 7. The summed E-state index contributed by atoms with van der Waals surface area (Å²) in [5, 5.41) is 8.45. The lowest BCUT2D eigenvalue weighted by Crippen LogP contribution is -2.38. The molecule has 0 radical (unpaired) electrons. The monoisotopic (exact) mass is 395 g/mol. The zero-order valence-corrected chi connectivity index (χ0v) is 17.6. The summed E-state index contributed by atoms with van der Waals surface area (Å²) in [5.41, 5.74) is 7.67. The van der Waals surface area contributed by atoms with Crippen LogP contribution in [-0.4, -0.2) is 37.6 Å². The maximum Gasteiger partial charge on any atom is 0.188 e. The Morgan fingerprint density at radius 2 is 2.04 bits per heavy atom. The van der Waals surface area contributed by atoms with Crippen LogP contribution >= 0.6 is 11.3 Å².